The van der Waals surface area contributed by atoms with Crippen molar-refractivity contribution in [2.45, 2.75) is 87.9 Å². The predicted octanol–water partition coefficient (Wildman–Crippen LogP) is 4.16. The van der Waals surface area contributed by atoms with Gasteiger partial charge in [0.2, 0.25) is 11.8 Å². The average molecular weight is 763 g/mol. The van der Waals surface area contributed by atoms with Crippen LogP contribution < -0.4 is 10.6 Å². The molecule has 3 N–H and O–H groups in total. The third-order valence-corrected chi connectivity index (χ3v) is 9.95. The summed E-state index contributed by atoms with van der Waals surface area (Å²) in [6.07, 6.45) is -2.78. The van der Waals surface area contributed by atoms with Crippen LogP contribution in [0.4, 0.5) is 10.5 Å². The van der Waals surface area contributed by atoms with E-state index in [1.54, 1.807) is 20.8 Å². The molecule has 3 unspecified atom stereocenters. The Morgan fingerprint density at radius 1 is 0.981 bits per heavy atom. The summed E-state index contributed by atoms with van der Waals surface area (Å²) in [6, 6.07) is 20.3. The van der Waals surface area contributed by atoms with Crippen LogP contribution in [0.2, 0.25) is 0 Å². The Balaban J connectivity index is 1.17. The zero-order valence-corrected chi connectivity index (χ0v) is 30.7. The lowest BCUT2D eigenvalue weighted by atomic mass is 9.99. The summed E-state index contributed by atoms with van der Waals surface area (Å²) in [7, 11) is 0. The zero-order chi connectivity index (χ0) is 39.0. The van der Waals surface area contributed by atoms with E-state index in [1.807, 2.05) is 60.7 Å². The van der Waals surface area contributed by atoms with Crippen molar-refractivity contribution in [3.8, 4) is 0 Å². The minimum Gasteiger partial charge on any atom is -0.459 e. The number of hydrogen-bond donors (Lipinski definition) is 3. The number of ether oxygens (including phenoxy) is 3. The van der Waals surface area contributed by atoms with Crippen molar-refractivity contribution in [1.29, 1.82) is 0 Å². The van der Waals surface area contributed by atoms with E-state index in [0.29, 0.717) is 5.56 Å². The van der Waals surface area contributed by atoms with E-state index in [1.165, 1.54) is 40.9 Å². The number of nitro groups is 1. The van der Waals surface area contributed by atoms with Gasteiger partial charge in [-0.2, -0.15) is 0 Å². The van der Waals surface area contributed by atoms with Crippen molar-refractivity contribution >= 4 is 47.3 Å². The van der Waals surface area contributed by atoms with Crippen molar-refractivity contribution in [3.05, 3.63) is 112 Å². The van der Waals surface area contributed by atoms with Crippen molar-refractivity contribution in [2.75, 3.05) is 5.75 Å². The number of alkyl carbamates (subject to hydrolysis) is 1. The maximum Gasteiger partial charge on any atom is 0.408 e. The quantitative estimate of drug-likeness (QED) is 0.0697. The van der Waals surface area contributed by atoms with Gasteiger partial charge in [0.05, 0.1) is 11.0 Å². The Kier molecular flexibility index (Phi) is 12.9. The van der Waals surface area contributed by atoms with E-state index >= 15 is 0 Å². The number of hydrogen-bond acceptors (Lipinski definition) is 12. The second-order valence-corrected chi connectivity index (χ2v) is 14.9. The Hall–Kier alpha value is -5.48. The average Bonchev–Trinajstić information content (AvgIpc) is 3.14. The second-order valence-electron chi connectivity index (χ2n) is 13.8. The lowest BCUT2D eigenvalue weighted by Crippen LogP contribution is -2.76. The van der Waals surface area contributed by atoms with Gasteiger partial charge in [0.1, 0.15) is 29.7 Å². The first kappa shape index (κ1) is 39.7. The van der Waals surface area contributed by atoms with Crippen molar-refractivity contribution < 1.29 is 48.2 Å². The van der Waals surface area contributed by atoms with Crippen molar-refractivity contribution in [1.82, 2.24) is 15.5 Å². The fraction of sp³-hybridized carbons (Fsp3) is 0.395. The standard InChI is InChI=1S/C38H42N4O11S/c1-38(2,3)53-37(48)39-27(35(46)52-32(24-11-6-4-7-12-24)25-13-8-5-9-14-25)15-10-16-29(44)40-30-33(45)41-31(28(43)22-54-34(30)41)36(47)51-21-23-17-19-26(20-18-23)42(49)50/h4-9,11-14,17-20,27-28,30-32,34,43H,10,15-16,21-22H2,1-3H3,(H,39,48)(H,40,44)/t27?,28?,30-,31?,34+/m1/s1. The van der Waals surface area contributed by atoms with Gasteiger partial charge in [-0.25, -0.2) is 14.4 Å². The lowest BCUT2D eigenvalue weighted by molar-refractivity contribution is -0.384. The summed E-state index contributed by atoms with van der Waals surface area (Å²) in [5, 5.41) is 26.2. The van der Waals surface area contributed by atoms with Crippen LogP contribution in [0.5, 0.6) is 0 Å². The number of carbonyl (C=O) groups is 5. The number of non-ortho nitro benzene ring substituents is 1. The normalized spacial score (nSPS) is 19.8. The molecule has 3 amide bonds. The molecule has 286 valence electrons. The summed E-state index contributed by atoms with van der Waals surface area (Å²) >= 11 is 1.21. The largest absolute Gasteiger partial charge is 0.459 e. The lowest BCUT2D eigenvalue weighted by Gasteiger charge is -2.53. The maximum atomic E-state index is 13.7. The number of aliphatic hydroxyl groups is 1. The van der Waals surface area contributed by atoms with E-state index in [2.05, 4.69) is 10.6 Å². The Bertz CT molecular complexity index is 1780. The molecule has 15 nitrogen and oxygen atoms in total. The number of aliphatic hydroxyl groups excluding tert-OH is 1. The van der Waals surface area contributed by atoms with Crippen LogP contribution in [0.1, 0.15) is 62.8 Å². The summed E-state index contributed by atoms with van der Waals surface area (Å²) in [6.45, 7) is 4.83. The first-order chi connectivity index (χ1) is 25.7. The van der Waals surface area contributed by atoms with Gasteiger partial charge >= 0.3 is 18.0 Å². The molecule has 0 radical (unpaired) electrons. The molecule has 0 saturated carbocycles. The van der Waals surface area contributed by atoms with Crippen LogP contribution in [0.15, 0.2) is 84.9 Å². The van der Waals surface area contributed by atoms with Crippen LogP contribution >= 0.6 is 11.8 Å². The van der Waals surface area contributed by atoms with E-state index in [4.69, 9.17) is 14.2 Å². The van der Waals surface area contributed by atoms with Gasteiger partial charge in [-0.3, -0.25) is 19.7 Å². The summed E-state index contributed by atoms with van der Waals surface area (Å²) in [5.41, 5.74) is 0.963. The van der Waals surface area contributed by atoms with Crippen molar-refractivity contribution in [2.24, 2.45) is 0 Å². The predicted molar refractivity (Wildman–Crippen MR) is 196 cm³/mol. The molecular formula is C38H42N4O11S. The van der Waals surface area contributed by atoms with E-state index in [0.717, 1.165) is 11.1 Å². The molecule has 2 aliphatic rings. The number of benzene rings is 3. The molecule has 0 aromatic heterocycles. The third-order valence-electron chi connectivity index (χ3n) is 8.58. The van der Waals surface area contributed by atoms with E-state index < -0.39 is 76.1 Å². The molecule has 2 heterocycles. The SMILES string of the molecule is CC(C)(C)OC(=O)NC(CCCC(=O)N[C@@H]1C(=O)N2C(C(=O)OCc3ccc([N+](=O)[O-])cc3)C(O)CS[C@@H]12)C(=O)OC(c1ccccc1)c1ccccc1. The second kappa shape index (κ2) is 17.6. The number of rotatable bonds is 14. The molecule has 54 heavy (non-hydrogen) atoms. The van der Waals surface area contributed by atoms with Gasteiger partial charge in [-0.1, -0.05) is 60.7 Å². The van der Waals surface area contributed by atoms with Crippen LogP contribution in [-0.4, -0.2) is 85.7 Å². The molecule has 2 fully saturated rings. The fourth-order valence-electron chi connectivity index (χ4n) is 5.98. The number of esters is 2. The topological polar surface area (TPSA) is 204 Å². The summed E-state index contributed by atoms with van der Waals surface area (Å²) < 4.78 is 16.7. The van der Waals surface area contributed by atoms with Crippen LogP contribution in [0.25, 0.3) is 0 Å². The monoisotopic (exact) mass is 762 g/mol. The van der Waals surface area contributed by atoms with Crippen LogP contribution in [-0.2, 0) is 40.0 Å². The molecular weight excluding hydrogens is 721 g/mol. The van der Waals surface area contributed by atoms with Gasteiger partial charge in [-0.15, -0.1) is 11.8 Å². The first-order valence-corrected chi connectivity index (χ1v) is 18.4. The molecule has 0 bridgehead atoms. The number of nitrogens with one attached hydrogen (secondary N) is 2. The number of β-lactam (4-membered cyclic amide) rings is 1. The number of nitro benzene ring substituents is 1. The number of nitrogens with zero attached hydrogens (tertiary/aromatic N) is 2. The number of amides is 3. The van der Waals surface area contributed by atoms with Crippen LogP contribution in [0, 0.1) is 10.1 Å². The maximum absolute atomic E-state index is 13.7. The highest BCUT2D eigenvalue weighted by Crippen LogP contribution is 2.39. The Morgan fingerprint density at radius 2 is 1.59 bits per heavy atom. The fourth-order valence-corrected chi connectivity index (χ4v) is 7.33. The van der Waals surface area contributed by atoms with Gasteiger partial charge < -0.3 is 34.9 Å². The minimum absolute atomic E-state index is 0.0135. The molecule has 16 heteroatoms. The molecule has 2 saturated heterocycles. The molecule has 0 spiro atoms. The van der Waals surface area contributed by atoms with Crippen molar-refractivity contribution in [3.63, 3.8) is 0 Å². The molecule has 5 atom stereocenters. The molecule has 0 aliphatic carbocycles. The van der Waals surface area contributed by atoms with Gasteiger partial charge in [0.15, 0.2) is 12.1 Å². The van der Waals surface area contributed by atoms with Crippen LogP contribution in [0.3, 0.4) is 0 Å². The number of thioether (sulfide) groups is 1. The Labute approximate surface area is 315 Å². The summed E-state index contributed by atoms with van der Waals surface area (Å²) in [5.74, 6) is -2.54. The highest BCUT2D eigenvalue weighted by molar-refractivity contribution is 8.00. The first-order valence-electron chi connectivity index (χ1n) is 17.3. The van der Waals surface area contributed by atoms with E-state index in [9.17, 15) is 39.2 Å². The van der Waals surface area contributed by atoms with Gasteiger partial charge in [-0.05, 0) is 62.4 Å². The van der Waals surface area contributed by atoms with Gasteiger partial charge in [0.25, 0.3) is 5.69 Å². The minimum atomic E-state index is -1.30. The molecule has 3 aromatic carbocycles. The zero-order valence-electron chi connectivity index (χ0n) is 29.9. The molecule has 3 aromatic rings. The van der Waals surface area contributed by atoms with E-state index in [-0.39, 0.29) is 37.3 Å². The smallest absolute Gasteiger partial charge is 0.408 e. The van der Waals surface area contributed by atoms with Gasteiger partial charge in [0, 0.05) is 24.3 Å². The number of carbonyl (C=O) groups excluding carboxylic acids is 5. The number of fused-ring (bicyclic) bond motifs is 1. The molecule has 5 rings (SSSR count). The highest BCUT2D eigenvalue weighted by Gasteiger charge is 2.58. The summed E-state index contributed by atoms with van der Waals surface area (Å²) in [4.78, 5) is 77.2. The highest BCUT2D eigenvalue weighted by atomic mass is 32.2. The Morgan fingerprint density at radius 3 is 2.17 bits per heavy atom. The third kappa shape index (κ3) is 10.1. The molecule has 2 aliphatic heterocycles.